The molecule has 0 aliphatic rings. The number of nitrogens with zero attached hydrogens (tertiary/aromatic N) is 3. The van der Waals surface area contributed by atoms with Gasteiger partial charge in [-0.15, -0.1) is 10.2 Å². The molecule has 0 saturated carbocycles. The van der Waals surface area contributed by atoms with Crippen LogP contribution in [-0.2, 0) is 17.1 Å². The van der Waals surface area contributed by atoms with Crippen LogP contribution in [0.2, 0.25) is 5.02 Å². The molecule has 1 unspecified atom stereocenters. The van der Waals surface area contributed by atoms with Crippen molar-refractivity contribution in [2.75, 3.05) is 5.73 Å². The van der Waals surface area contributed by atoms with Crippen LogP contribution in [0, 0.1) is 0 Å². The molecule has 1 atom stereocenters. The van der Waals surface area contributed by atoms with E-state index >= 15 is 0 Å². The van der Waals surface area contributed by atoms with Gasteiger partial charge in [0.1, 0.15) is 11.8 Å². The summed E-state index contributed by atoms with van der Waals surface area (Å²) in [6.07, 6.45) is 1.56. The number of furan rings is 1. The first-order valence-electron chi connectivity index (χ1n) is 7.93. The number of amides is 1. The number of nitrogens with two attached hydrogens (primary N) is 1. The zero-order valence-electron chi connectivity index (χ0n) is 14.1. The number of rotatable bonds is 7. The highest BCUT2D eigenvalue weighted by atomic mass is 35.5. The molecule has 0 saturated heterocycles. The van der Waals surface area contributed by atoms with Crippen LogP contribution in [0.1, 0.15) is 24.3 Å². The minimum Gasteiger partial charge on any atom is -0.467 e. The molecule has 9 heteroatoms. The average Bonchev–Trinajstić information content (AvgIpc) is 3.28. The Morgan fingerprint density at radius 2 is 2.15 bits per heavy atom. The van der Waals surface area contributed by atoms with Gasteiger partial charge in [-0.1, -0.05) is 41.6 Å². The quantitative estimate of drug-likeness (QED) is 0.599. The van der Waals surface area contributed by atoms with Crippen molar-refractivity contribution >= 4 is 35.2 Å². The fraction of sp³-hybridized carbons (Fsp3) is 0.235. The third-order valence-electron chi connectivity index (χ3n) is 3.79. The van der Waals surface area contributed by atoms with Crippen molar-refractivity contribution in [1.82, 2.24) is 20.1 Å². The normalized spacial score (nSPS) is 12.1. The maximum atomic E-state index is 12.5. The van der Waals surface area contributed by atoms with Crippen LogP contribution in [0.25, 0.3) is 0 Å². The van der Waals surface area contributed by atoms with Crippen LogP contribution in [0.4, 0.5) is 5.95 Å². The molecule has 2 heterocycles. The van der Waals surface area contributed by atoms with E-state index in [-0.39, 0.29) is 11.9 Å². The molecule has 7 nitrogen and oxygen atoms in total. The number of carbonyl (C=O) groups excluding carboxylic acids is 1. The number of nitrogen functional groups attached to an aromatic ring is 1. The summed E-state index contributed by atoms with van der Waals surface area (Å²) in [5.41, 5.74) is 6.90. The van der Waals surface area contributed by atoms with Crippen molar-refractivity contribution in [2.45, 2.75) is 30.4 Å². The summed E-state index contributed by atoms with van der Waals surface area (Å²) in [7, 11) is 0. The largest absolute Gasteiger partial charge is 0.467 e. The summed E-state index contributed by atoms with van der Waals surface area (Å²) in [4.78, 5) is 12.5. The van der Waals surface area contributed by atoms with Crippen LogP contribution < -0.4 is 11.1 Å². The molecular formula is C17H18ClN5O2S. The van der Waals surface area contributed by atoms with Gasteiger partial charge in [0, 0.05) is 10.8 Å². The number of benzene rings is 1. The highest BCUT2D eigenvalue weighted by Gasteiger charge is 2.22. The summed E-state index contributed by atoms with van der Waals surface area (Å²) in [6.45, 7) is 2.05. The predicted octanol–water partition coefficient (Wildman–Crippen LogP) is 3.28. The number of thioether (sulfide) groups is 1. The number of nitrogens with one attached hydrogen (secondary N) is 1. The van der Waals surface area contributed by atoms with Crippen LogP contribution in [0.15, 0.2) is 52.2 Å². The van der Waals surface area contributed by atoms with Crippen molar-refractivity contribution in [3.05, 3.63) is 59.0 Å². The third kappa shape index (κ3) is 4.20. The lowest BCUT2D eigenvalue weighted by atomic mass is 10.2. The molecule has 3 N–H and O–H groups in total. The molecule has 0 radical (unpaired) electrons. The molecular weight excluding hydrogens is 374 g/mol. The Hall–Kier alpha value is -2.45. The summed E-state index contributed by atoms with van der Waals surface area (Å²) >= 11 is 7.61. The van der Waals surface area contributed by atoms with Gasteiger partial charge >= 0.3 is 0 Å². The summed E-state index contributed by atoms with van der Waals surface area (Å²) in [6, 6.07) is 10.6. The molecule has 3 rings (SSSR count). The van der Waals surface area contributed by atoms with E-state index in [2.05, 4.69) is 15.5 Å². The van der Waals surface area contributed by atoms with Crippen molar-refractivity contribution < 1.29 is 9.21 Å². The van der Waals surface area contributed by atoms with E-state index < -0.39 is 6.04 Å². The first-order valence-corrected chi connectivity index (χ1v) is 9.29. The number of halogens is 1. The molecule has 2 aromatic heterocycles. The molecule has 26 heavy (non-hydrogen) atoms. The molecule has 3 aromatic rings. The van der Waals surface area contributed by atoms with Crippen LogP contribution in [0.5, 0.6) is 0 Å². The lowest BCUT2D eigenvalue weighted by molar-refractivity contribution is -0.124. The number of hydrogen-bond acceptors (Lipinski definition) is 6. The van der Waals surface area contributed by atoms with Gasteiger partial charge in [0.2, 0.25) is 11.9 Å². The maximum absolute atomic E-state index is 12.5. The standard InChI is InChI=1S/C17H18ClN5O2S/c1-11(15(24)20-9-13-6-4-8-25-13)23-16(19)21-22-17(23)26-10-12-5-2-3-7-14(12)18/h2-8,11H,9-10H2,1H3,(H2,19,21)(H,20,24). The van der Waals surface area contributed by atoms with E-state index in [1.165, 1.54) is 11.8 Å². The van der Waals surface area contributed by atoms with E-state index in [9.17, 15) is 4.79 Å². The smallest absolute Gasteiger partial charge is 0.243 e. The van der Waals surface area contributed by atoms with E-state index in [0.717, 1.165) is 5.56 Å². The van der Waals surface area contributed by atoms with E-state index in [4.69, 9.17) is 21.8 Å². The second-order valence-electron chi connectivity index (χ2n) is 5.56. The summed E-state index contributed by atoms with van der Waals surface area (Å²) in [5, 5.41) is 12.0. The Morgan fingerprint density at radius 1 is 1.35 bits per heavy atom. The lowest BCUT2D eigenvalue weighted by Gasteiger charge is -2.16. The van der Waals surface area contributed by atoms with Crippen molar-refractivity contribution in [3.63, 3.8) is 0 Å². The molecule has 1 amide bonds. The first-order chi connectivity index (χ1) is 12.6. The van der Waals surface area contributed by atoms with Gasteiger partial charge < -0.3 is 15.5 Å². The van der Waals surface area contributed by atoms with Gasteiger partial charge in [-0.3, -0.25) is 9.36 Å². The number of anilines is 1. The van der Waals surface area contributed by atoms with Crippen LogP contribution in [-0.4, -0.2) is 20.7 Å². The summed E-state index contributed by atoms with van der Waals surface area (Å²) < 4.78 is 6.82. The molecule has 0 bridgehead atoms. The van der Waals surface area contributed by atoms with E-state index in [1.54, 1.807) is 29.9 Å². The van der Waals surface area contributed by atoms with E-state index in [0.29, 0.717) is 28.2 Å². The van der Waals surface area contributed by atoms with Crippen molar-refractivity contribution in [1.29, 1.82) is 0 Å². The fourth-order valence-electron chi connectivity index (χ4n) is 2.36. The topological polar surface area (TPSA) is 99.0 Å². The van der Waals surface area contributed by atoms with Gasteiger partial charge in [0.15, 0.2) is 5.16 Å². The molecule has 136 valence electrons. The Kier molecular flexibility index (Phi) is 5.85. The highest BCUT2D eigenvalue weighted by molar-refractivity contribution is 7.98. The fourth-order valence-corrected chi connectivity index (χ4v) is 3.67. The summed E-state index contributed by atoms with van der Waals surface area (Å²) in [5.74, 6) is 1.26. The Labute approximate surface area is 159 Å². The second kappa shape index (κ2) is 8.29. The minimum atomic E-state index is -0.561. The van der Waals surface area contributed by atoms with Crippen LogP contribution >= 0.6 is 23.4 Å². The number of carbonyl (C=O) groups is 1. The van der Waals surface area contributed by atoms with Crippen molar-refractivity contribution in [3.8, 4) is 0 Å². The SMILES string of the molecule is CC(C(=O)NCc1ccco1)n1c(N)nnc1SCc1ccccc1Cl. The second-order valence-corrected chi connectivity index (χ2v) is 6.91. The van der Waals surface area contributed by atoms with E-state index in [1.807, 2.05) is 24.3 Å². The van der Waals surface area contributed by atoms with Crippen LogP contribution in [0.3, 0.4) is 0 Å². The molecule has 0 aliphatic heterocycles. The Balaban J connectivity index is 1.68. The lowest BCUT2D eigenvalue weighted by Crippen LogP contribution is -2.31. The van der Waals surface area contributed by atoms with Gasteiger partial charge in [-0.2, -0.15) is 0 Å². The zero-order chi connectivity index (χ0) is 18.5. The minimum absolute atomic E-state index is 0.187. The highest BCUT2D eigenvalue weighted by Crippen LogP contribution is 2.28. The van der Waals surface area contributed by atoms with Gasteiger partial charge in [-0.25, -0.2) is 0 Å². The number of hydrogen-bond donors (Lipinski definition) is 2. The average molecular weight is 392 g/mol. The van der Waals surface area contributed by atoms with Gasteiger partial charge in [-0.05, 0) is 30.7 Å². The van der Waals surface area contributed by atoms with Gasteiger partial charge in [0.25, 0.3) is 0 Å². The molecule has 0 fully saturated rings. The maximum Gasteiger partial charge on any atom is 0.243 e. The molecule has 0 spiro atoms. The third-order valence-corrected chi connectivity index (χ3v) is 5.15. The Bertz CT molecular complexity index is 881. The van der Waals surface area contributed by atoms with Crippen molar-refractivity contribution in [2.24, 2.45) is 0 Å². The zero-order valence-corrected chi connectivity index (χ0v) is 15.6. The Morgan fingerprint density at radius 3 is 2.88 bits per heavy atom. The predicted molar refractivity (Wildman–Crippen MR) is 101 cm³/mol. The first kappa shape index (κ1) is 18.3. The number of aromatic nitrogens is 3. The molecule has 0 aliphatic carbocycles. The monoisotopic (exact) mass is 391 g/mol. The molecule has 1 aromatic carbocycles. The van der Waals surface area contributed by atoms with Gasteiger partial charge in [0.05, 0.1) is 12.8 Å².